The van der Waals surface area contributed by atoms with Crippen molar-refractivity contribution in [2.75, 3.05) is 0 Å². The highest BCUT2D eigenvalue weighted by atomic mass is 35.5. The molecule has 0 saturated heterocycles. The van der Waals surface area contributed by atoms with Crippen LogP contribution >= 0.6 is 11.6 Å². The summed E-state index contributed by atoms with van der Waals surface area (Å²) in [4.78, 5) is 11.9. The summed E-state index contributed by atoms with van der Waals surface area (Å²) in [6, 6.07) is 14.2. The number of para-hydroxylation sites is 2. The van der Waals surface area contributed by atoms with E-state index in [1.807, 2.05) is 24.3 Å². The molecule has 0 unspecified atom stereocenters. The average molecular weight is 288 g/mol. The van der Waals surface area contributed by atoms with E-state index in [1.54, 1.807) is 24.3 Å². The minimum atomic E-state index is -0.450. The first kappa shape index (κ1) is 12.6. The molecule has 0 N–H and O–H groups in total. The van der Waals surface area contributed by atoms with Gasteiger partial charge in [-0.2, -0.15) is 0 Å². The smallest absolute Gasteiger partial charge is 0.333 e. The van der Waals surface area contributed by atoms with Crippen LogP contribution in [0.4, 0.5) is 0 Å². The molecule has 0 atom stereocenters. The first-order valence-corrected chi connectivity index (χ1v) is 6.35. The van der Waals surface area contributed by atoms with Gasteiger partial charge in [-0.3, -0.25) is 0 Å². The molecule has 5 nitrogen and oxygen atoms in total. The highest BCUT2D eigenvalue weighted by Gasteiger charge is 2.11. The number of hydrogen-bond acceptors (Lipinski definition) is 4. The Bertz CT molecular complexity index is 770. The lowest BCUT2D eigenvalue weighted by molar-refractivity contribution is -0.135. The van der Waals surface area contributed by atoms with Crippen LogP contribution in [-0.4, -0.2) is 21.0 Å². The fraction of sp³-hybridized carbons (Fsp3) is 0.0714. The number of halogens is 1. The molecular weight excluding hydrogens is 278 g/mol. The van der Waals surface area contributed by atoms with E-state index in [-0.39, 0.29) is 6.54 Å². The predicted molar refractivity (Wildman–Crippen MR) is 74.6 cm³/mol. The normalized spacial score (nSPS) is 10.7. The second-order valence-corrected chi connectivity index (χ2v) is 4.55. The molecule has 0 fully saturated rings. The molecule has 1 heterocycles. The van der Waals surface area contributed by atoms with Crippen LogP contribution in [0.3, 0.4) is 0 Å². The van der Waals surface area contributed by atoms with Crippen LogP contribution in [0.15, 0.2) is 48.5 Å². The number of ether oxygens (including phenoxy) is 1. The molecule has 2 aromatic carbocycles. The van der Waals surface area contributed by atoms with Crippen LogP contribution in [0.5, 0.6) is 5.75 Å². The van der Waals surface area contributed by atoms with E-state index in [1.165, 1.54) is 4.68 Å². The van der Waals surface area contributed by atoms with Crippen LogP contribution in [0.25, 0.3) is 11.0 Å². The fourth-order valence-corrected chi connectivity index (χ4v) is 2.01. The van der Waals surface area contributed by atoms with Gasteiger partial charge in [0.2, 0.25) is 0 Å². The van der Waals surface area contributed by atoms with Crippen molar-refractivity contribution in [1.82, 2.24) is 15.0 Å². The van der Waals surface area contributed by atoms with Crippen molar-refractivity contribution >= 4 is 28.6 Å². The molecule has 0 spiro atoms. The third-order valence-corrected chi connectivity index (χ3v) is 3.07. The number of esters is 1. The van der Waals surface area contributed by atoms with Crippen LogP contribution in [0.1, 0.15) is 0 Å². The summed E-state index contributed by atoms with van der Waals surface area (Å²) in [7, 11) is 0. The van der Waals surface area contributed by atoms with Crippen LogP contribution < -0.4 is 4.74 Å². The molecule has 1 aromatic heterocycles. The number of benzene rings is 2. The Kier molecular flexibility index (Phi) is 3.35. The second-order valence-electron chi connectivity index (χ2n) is 4.14. The molecule has 0 bridgehead atoms. The third-order valence-electron chi connectivity index (χ3n) is 2.76. The van der Waals surface area contributed by atoms with Crippen LogP contribution in [0.2, 0.25) is 5.02 Å². The molecule has 100 valence electrons. The molecule has 6 heteroatoms. The molecule has 0 saturated carbocycles. The van der Waals surface area contributed by atoms with Crippen molar-refractivity contribution in [3.8, 4) is 5.75 Å². The molecule has 3 rings (SSSR count). The number of carbonyl (C=O) groups excluding carboxylic acids is 1. The van der Waals surface area contributed by atoms with E-state index in [0.29, 0.717) is 10.8 Å². The number of nitrogens with zero attached hydrogens (tertiary/aromatic N) is 3. The fourth-order valence-electron chi connectivity index (χ4n) is 1.84. The van der Waals surface area contributed by atoms with Gasteiger partial charge >= 0.3 is 5.97 Å². The average Bonchev–Trinajstić information content (AvgIpc) is 2.85. The summed E-state index contributed by atoms with van der Waals surface area (Å²) < 4.78 is 6.70. The minimum absolute atomic E-state index is 0.0221. The topological polar surface area (TPSA) is 57.0 Å². The number of fused-ring (bicyclic) bond motifs is 1. The van der Waals surface area contributed by atoms with Crippen molar-refractivity contribution in [2.24, 2.45) is 0 Å². The Balaban J connectivity index is 1.78. The maximum absolute atomic E-state index is 11.9. The van der Waals surface area contributed by atoms with Crippen molar-refractivity contribution < 1.29 is 9.53 Å². The SMILES string of the molecule is O=C(Cn1nnc2ccccc21)Oc1ccccc1Cl. The number of rotatable bonds is 3. The van der Waals surface area contributed by atoms with E-state index in [9.17, 15) is 4.79 Å². The minimum Gasteiger partial charge on any atom is -0.424 e. The third kappa shape index (κ3) is 2.48. The van der Waals surface area contributed by atoms with Crippen LogP contribution in [0, 0.1) is 0 Å². The molecule has 0 aliphatic carbocycles. The van der Waals surface area contributed by atoms with E-state index in [4.69, 9.17) is 16.3 Å². The lowest BCUT2D eigenvalue weighted by atomic mass is 10.3. The van der Waals surface area contributed by atoms with Gasteiger partial charge in [0.15, 0.2) is 0 Å². The monoisotopic (exact) mass is 287 g/mol. The van der Waals surface area contributed by atoms with Crippen molar-refractivity contribution in [3.63, 3.8) is 0 Å². The Labute approximate surface area is 119 Å². The summed E-state index contributed by atoms with van der Waals surface area (Å²) in [5.74, 6) is -0.114. The summed E-state index contributed by atoms with van der Waals surface area (Å²) in [6.07, 6.45) is 0. The van der Waals surface area contributed by atoms with Gasteiger partial charge in [-0.15, -0.1) is 5.10 Å². The zero-order valence-corrected chi connectivity index (χ0v) is 11.1. The summed E-state index contributed by atoms with van der Waals surface area (Å²) in [6.45, 7) is -0.0221. The number of aromatic nitrogens is 3. The summed E-state index contributed by atoms with van der Waals surface area (Å²) in [5.41, 5.74) is 1.52. The second kappa shape index (κ2) is 5.30. The molecule has 0 aliphatic rings. The Hall–Kier alpha value is -2.40. The van der Waals surface area contributed by atoms with Crippen molar-refractivity contribution in [2.45, 2.75) is 6.54 Å². The highest BCUT2D eigenvalue weighted by Crippen LogP contribution is 2.23. The molecular formula is C14H10ClN3O2. The standard InChI is InChI=1S/C14H10ClN3O2/c15-10-5-1-4-8-13(10)20-14(19)9-18-12-7-3-2-6-11(12)16-17-18/h1-8H,9H2. The predicted octanol–water partition coefficient (Wildman–Crippen LogP) is 2.69. The highest BCUT2D eigenvalue weighted by molar-refractivity contribution is 6.32. The number of hydrogen-bond donors (Lipinski definition) is 0. The van der Waals surface area contributed by atoms with Gasteiger partial charge in [-0.1, -0.05) is 41.1 Å². The lowest BCUT2D eigenvalue weighted by Crippen LogP contribution is -2.17. The van der Waals surface area contributed by atoms with Gasteiger partial charge in [0.1, 0.15) is 17.8 Å². The Morgan fingerprint density at radius 3 is 2.75 bits per heavy atom. The van der Waals surface area contributed by atoms with E-state index >= 15 is 0 Å². The Morgan fingerprint density at radius 1 is 1.15 bits per heavy atom. The largest absolute Gasteiger partial charge is 0.424 e. The van der Waals surface area contributed by atoms with E-state index in [0.717, 1.165) is 11.0 Å². The maximum Gasteiger partial charge on any atom is 0.333 e. The van der Waals surface area contributed by atoms with Gasteiger partial charge in [0, 0.05) is 0 Å². The lowest BCUT2D eigenvalue weighted by Gasteiger charge is -2.06. The van der Waals surface area contributed by atoms with Gasteiger partial charge in [0.25, 0.3) is 0 Å². The first-order chi connectivity index (χ1) is 9.74. The summed E-state index contributed by atoms with van der Waals surface area (Å²) >= 11 is 5.93. The summed E-state index contributed by atoms with van der Waals surface area (Å²) in [5, 5.41) is 8.30. The molecule has 3 aromatic rings. The van der Waals surface area contributed by atoms with Crippen molar-refractivity contribution in [1.29, 1.82) is 0 Å². The van der Waals surface area contributed by atoms with Gasteiger partial charge < -0.3 is 4.74 Å². The number of carbonyl (C=O) groups is 1. The molecule has 0 aliphatic heterocycles. The van der Waals surface area contributed by atoms with E-state index < -0.39 is 5.97 Å². The molecule has 0 amide bonds. The quantitative estimate of drug-likeness (QED) is 0.549. The zero-order valence-electron chi connectivity index (χ0n) is 10.4. The first-order valence-electron chi connectivity index (χ1n) is 5.97. The molecule has 0 radical (unpaired) electrons. The van der Waals surface area contributed by atoms with Gasteiger partial charge in [-0.25, -0.2) is 9.48 Å². The zero-order chi connectivity index (χ0) is 13.9. The van der Waals surface area contributed by atoms with Gasteiger partial charge in [-0.05, 0) is 24.3 Å². The van der Waals surface area contributed by atoms with Crippen molar-refractivity contribution in [3.05, 3.63) is 53.6 Å². The molecule has 20 heavy (non-hydrogen) atoms. The van der Waals surface area contributed by atoms with E-state index in [2.05, 4.69) is 10.3 Å². The maximum atomic E-state index is 11.9. The van der Waals surface area contributed by atoms with Crippen LogP contribution in [-0.2, 0) is 11.3 Å². The Morgan fingerprint density at radius 2 is 1.90 bits per heavy atom. The van der Waals surface area contributed by atoms with Gasteiger partial charge in [0.05, 0.1) is 10.5 Å².